The van der Waals surface area contributed by atoms with Crippen LogP contribution in [0, 0.1) is 5.92 Å². The van der Waals surface area contributed by atoms with Gasteiger partial charge in [-0.2, -0.15) is 0 Å². The van der Waals surface area contributed by atoms with Crippen molar-refractivity contribution in [1.82, 2.24) is 14.9 Å². The van der Waals surface area contributed by atoms with Crippen LogP contribution in [0.2, 0.25) is 0 Å². The summed E-state index contributed by atoms with van der Waals surface area (Å²) in [4.78, 5) is 23.0. The van der Waals surface area contributed by atoms with Crippen LogP contribution in [-0.2, 0) is 20.7 Å². The lowest BCUT2D eigenvalue weighted by molar-refractivity contribution is 0.00578. The van der Waals surface area contributed by atoms with Crippen LogP contribution in [0.4, 0.5) is 4.79 Å². The highest BCUT2D eigenvalue weighted by atomic mass is 16.7. The van der Waals surface area contributed by atoms with Gasteiger partial charge in [0.2, 0.25) is 0 Å². The number of fused-ring (bicyclic) bond motifs is 1. The quantitative estimate of drug-likeness (QED) is 0.523. The molecule has 36 heavy (non-hydrogen) atoms. The zero-order valence-corrected chi connectivity index (χ0v) is 21.2. The third-order valence-corrected chi connectivity index (χ3v) is 8.18. The SMILES string of the molecule is CC1(C)OB(c2ccc(-c3cnc([C@@H]4C[C@H]5C[C@H]5N4C(=O)OCc4ccccc4)[nH]3)cc2)OC1(C)C. The van der Waals surface area contributed by atoms with E-state index in [0.717, 1.165) is 40.9 Å². The maximum absolute atomic E-state index is 13.0. The molecule has 7 nitrogen and oxygen atoms in total. The molecule has 3 aromatic rings. The van der Waals surface area contributed by atoms with Crippen molar-refractivity contribution in [2.75, 3.05) is 0 Å². The predicted molar refractivity (Wildman–Crippen MR) is 137 cm³/mol. The number of aromatic amines is 1. The Morgan fingerprint density at radius 2 is 1.75 bits per heavy atom. The van der Waals surface area contributed by atoms with Gasteiger partial charge in [-0.25, -0.2) is 9.78 Å². The Hall–Kier alpha value is -3.10. The van der Waals surface area contributed by atoms with E-state index in [1.54, 1.807) is 0 Å². The molecule has 1 amide bonds. The zero-order chi connectivity index (χ0) is 25.1. The van der Waals surface area contributed by atoms with Gasteiger partial charge < -0.3 is 19.0 Å². The molecule has 3 heterocycles. The summed E-state index contributed by atoms with van der Waals surface area (Å²) in [6.07, 6.45) is 3.54. The Labute approximate surface area is 212 Å². The molecule has 1 aliphatic carbocycles. The molecule has 3 fully saturated rings. The Balaban J connectivity index is 1.15. The summed E-state index contributed by atoms with van der Waals surface area (Å²) in [5.74, 6) is 1.34. The minimum Gasteiger partial charge on any atom is -0.445 e. The standard InChI is InChI=1S/C28H32BN3O4/c1-27(2)28(3,4)36-29(35-27)21-12-10-19(11-13-21)22-16-30-25(31-22)24-15-20-14-23(20)32(24)26(33)34-17-18-8-6-5-7-9-18/h5-13,16,20,23-24H,14-15,17H2,1-4H3,(H,30,31)/t20-,23-,24+/m1/s1. The van der Waals surface area contributed by atoms with E-state index in [0.29, 0.717) is 5.92 Å². The van der Waals surface area contributed by atoms with Crippen LogP contribution < -0.4 is 5.46 Å². The van der Waals surface area contributed by atoms with Crippen LogP contribution in [-0.4, -0.2) is 45.3 Å². The molecule has 0 bridgehead atoms. The fourth-order valence-corrected chi connectivity index (χ4v) is 5.21. The van der Waals surface area contributed by atoms with Crippen LogP contribution >= 0.6 is 0 Å². The molecule has 3 aliphatic rings. The van der Waals surface area contributed by atoms with Gasteiger partial charge in [-0.3, -0.25) is 4.90 Å². The molecule has 0 spiro atoms. The first kappa shape index (κ1) is 23.3. The van der Waals surface area contributed by atoms with Crippen LogP contribution in [0.1, 0.15) is 58.0 Å². The van der Waals surface area contributed by atoms with E-state index >= 15 is 0 Å². The van der Waals surface area contributed by atoms with Crippen molar-refractivity contribution >= 4 is 18.7 Å². The first-order valence-electron chi connectivity index (χ1n) is 12.7. The number of carbonyl (C=O) groups excluding carboxylic acids is 1. The van der Waals surface area contributed by atoms with Crippen molar-refractivity contribution in [2.24, 2.45) is 5.92 Å². The summed E-state index contributed by atoms with van der Waals surface area (Å²) >= 11 is 0. The predicted octanol–water partition coefficient (Wildman–Crippen LogP) is 4.85. The van der Waals surface area contributed by atoms with Crippen LogP contribution in [0.3, 0.4) is 0 Å². The second kappa shape index (κ2) is 8.49. The van der Waals surface area contributed by atoms with Gasteiger partial charge in [0.25, 0.3) is 0 Å². The number of H-pyrrole nitrogens is 1. The minimum atomic E-state index is -0.387. The molecule has 2 aromatic carbocycles. The van der Waals surface area contributed by atoms with Gasteiger partial charge in [-0.15, -0.1) is 0 Å². The number of amides is 1. The Bertz CT molecular complexity index is 1240. The van der Waals surface area contributed by atoms with E-state index in [2.05, 4.69) is 49.8 Å². The van der Waals surface area contributed by atoms with E-state index in [-0.39, 0.29) is 43.1 Å². The third kappa shape index (κ3) is 4.12. The van der Waals surface area contributed by atoms with Crippen molar-refractivity contribution in [3.63, 3.8) is 0 Å². The molecule has 2 saturated heterocycles. The number of rotatable bonds is 5. The van der Waals surface area contributed by atoms with E-state index in [4.69, 9.17) is 14.0 Å². The van der Waals surface area contributed by atoms with Gasteiger partial charge in [0.1, 0.15) is 12.4 Å². The number of likely N-dealkylation sites (tertiary alicyclic amines) is 1. The maximum Gasteiger partial charge on any atom is 0.494 e. The number of nitrogens with one attached hydrogen (secondary N) is 1. The lowest BCUT2D eigenvalue weighted by Gasteiger charge is -2.32. The number of ether oxygens (including phenoxy) is 1. The van der Waals surface area contributed by atoms with Gasteiger partial charge in [-0.05, 0) is 63.0 Å². The molecule has 6 rings (SSSR count). The zero-order valence-electron chi connectivity index (χ0n) is 21.2. The highest BCUT2D eigenvalue weighted by Crippen LogP contribution is 2.53. The molecule has 1 N–H and O–H groups in total. The molecule has 1 aromatic heterocycles. The minimum absolute atomic E-state index is 0.0881. The summed E-state index contributed by atoms with van der Waals surface area (Å²) < 4.78 is 18.0. The summed E-state index contributed by atoms with van der Waals surface area (Å²) in [7, 11) is -0.387. The molecular weight excluding hydrogens is 453 g/mol. The fraction of sp³-hybridized carbons (Fsp3) is 0.429. The summed E-state index contributed by atoms with van der Waals surface area (Å²) in [5, 5.41) is 0. The number of hydrogen-bond acceptors (Lipinski definition) is 5. The van der Waals surface area contributed by atoms with Gasteiger partial charge in [0.15, 0.2) is 0 Å². The number of nitrogens with zero attached hydrogens (tertiary/aromatic N) is 2. The largest absolute Gasteiger partial charge is 0.494 e. The number of aromatic nitrogens is 2. The van der Waals surface area contributed by atoms with Gasteiger partial charge in [-0.1, -0.05) is 54.6 Å². The molecule has 2 aliphatic heterocycles. The summed E-state index contributed by atoms with van der Waals surface area (Å²) in [6, 6.07) is 18.1. The van der Waals surface area contributed by atoms with Crippen LogP contribution in [0.25, 0.3) is 11.3 Å². The normalized spacial score (nSPS) is 25.6. The van der Waals surface area contributed by atoms with Gasteiger partial charge >= 0.3 is 13.2 Å². The van der Waals surface area contributed by atoms with Gasteiger partial charge in [0.05, 0.1) is 29.1 Å². The number of carbonyl (C=O) groups is 1. The van der Waals surface area contributed by atoms with Crippen molar-refractivity contribution < 1.29 is 18.8 Å². The highest BCUT2D eigenvalue weighted by Gasteiger charge is 2.56. The Morgan fingerprint density at radius 3 is 2.44 bits per heavy atom. The Morgan fingerprint density at radius 1 is 1.06 bits per heavy atom. The third-order valence-electron chi connectivity index (χ3n) is 8.18. The van der Waals surface area contributed by atoms with E-state index in [1.165, 1.54) is 0 Å². The van der Waals surface area contributed by atoms with Crippen molar-refractivity contribution in [1.29, 1.82) is 0 Å². The van der Waals surface area contributed by atoms with Crippen LogP contribution in [0.15, 0.2) is 60.8 Å². The van der Waals surface area contributed by atoms with Crippen molar-refractivity contribution in [3.8, 4) is 11.3 Å². The summed E-state index contributed by atoms with van der Waals surface area (Å²) in [5.41, 5.74) is 3.17. The molecule has 3 atom stereocenters. The average molecular weight is 485 g/mol. The van der Waals surface area contributed by atoms with E-state index in [1.807, 2.05) is 53.6 Å². The molecule has 1 saturated carbocycles. The molecular formula is C28H32BN3O4. The van der Waals surface area contributed by atoms with Crippen LogP contribution in [0.5, 0.6) is 0 Å². The molecule has 186 valence electrons. The maximum atomic E-state index is 13.0. The van der Waals surface area contributed by atoms with Crippen molar-refractivity contribution in [3.05, 3.63) is 72.2 Å². The Kier molecular flexibility index (Phi) is 5.50. The van der Waals surface area contributed by atoms with Gasteiger partial charge in [0, 0.05) is 6.04 Å². The average Bonchev–Trinajstić information content (AvgIpc) is 3.19. The fourth-order valence-electron chi connectivity index (χ4n) is 5.21. The molecule has 0 unspecified atom stereocenters. The number of imidazole rings is 1. The van der Waals surface area contributed by atoms with E-state index in [9.17, 15) is 4.79 Å². The van der Waals surface area contributed by atoms with E-state index < -0.39 is 0 Å². The molecule has 0 radical (unpaired) electrons. The number of piperidine rings is 1. The second-order valence-electron chi connectivity index (χ2n) is 11.2. The topological polar surface area (TPSA) is 76.7 Å². The number of benzene rings is 2. The number of hydrogen-bond donors (Lipinski definition) is 1. The van der Waals surface area contributed by atoms with Crippen molar-refractivity contribution in [2.45, 2.75) is 70.4 Å². The monoisotopic (exact) mass is 485 g/mol. The first-order valence-corrected chi connectivity index (χ1v) is 12.7. The molecule has 8 heteroatoms. The summed E-state index contributed by atoms with van der Waals surface area (Å²) in [6.45, 7) is 8.50. The second-order valence-corrected chi connectivity index (χ2v) is 11.2. The smallest absolute Gasteiger partial charge is 0.445 e. The lowest BCUT2D eigenvalue weighted by atomic mass is 9.79. The first-order chi connectivity index (χ1) is 17.2. The lowest BCUT2D eigenvalue weighted by Crippen LogP contribution is -2.41. The highest BCUT2D eigenvalue weighted by molar-refractivity contribution is 6.62.